The van der Waals surface area contributed by atoms with Crippen LogP contribution in [0.3, 0.4) is 0 Å². The molecule has 0 aliphatic rings. The Balaban J connectivity index is 1.92. The molecule has 6 nitrogen and oxygen atoms in total. The van der Waals surface area contributed by atoms with Gasteiger partial charge in [0.1, 0.15) is 10.5 Å². The Morgan fingerprint density at radius 1 is 1.23 bits per heavy atom. The summed E-state index contributed by atoms with van der Waals surface area (Å²) in [6, 6.07) is 0. The van der Waals surface area contributed by atoms with Crippen LogP contribution in [0.1, 0.15) is 19.8 Å². The summed E-state index contributed by atoms with van der Waals surface area (Å²) in [6.45, 7) is 2.19. The average Bonchev–Trinajstić information content (AvgIpc) is 3.36. The fourth-order valence-corrected chi connectivity index (χ4v) is 5.60. The zero-order valence-corrected chi connectivity index (χ0v) is 16.9. The van der Waals surface area contributed by atoms with Crippen molar-refractivity contribution in [2.75, 3.05) is 11.5 Å². The zero-order chi connectivity index (χ0) is 18.1. The maximum atomic E-state index is 6.51. The van der Waals surface area contributed by atoms with Gasteiger partial charge in [-0.15, -0.1) is 34.4 Å². The fourth-order valence-electron chi connectivity index (χ4n) is 2.60. The molecule has 0 bridgehead atoms. The van der Waals surface area contributed by atoms with E-state index < -0.39 is 0 Å². The molecule has 0 atom stereocenters. The van der Waals surface area contributed by atoms with Gasteiger partial charge in [-0.3, -0.25) is 0 Å². The first-order valence-electron chi connectivity index (χ1n) is 8.29. The van der Waals surface area contributed by atoms with Gasteiger partial charge in [0.25, 0.3) is 0 Å². The highest BCUT2D eigenvalue weighted by Gasteiger charge is 2.21. The SMILES string of the molecule is CCCCSc1sc2nc(-c3nccs3)nc(-c3nccn3C)c2c1N. The van der Waals surface area contributed by atoms with Crippen molar-refractivity contribution in [3.63, 3.8) is 0 Å². The average molecular weight is 403 g/mol. The number of thiophene rings is 1. The second kappa shape index (κ2) is 7.34. The molecule has 0 fully saturated rings. The van der Waals surface area contributed by atoms with Gasteiger partial charge < -0.3 is 10.3 Å². The van der Waals surface area contributed by atoms with Gasteiger partial charge in [0.15, 0.2) is 16.7 Å². The molecule has 0 amide bonds. The molecule has 134 valence electrons. The van der Waals surface area contributed by atoms with Gasteiger partial charge in [0.2, 0.25) is 0 Å². The lowest BCUT2D eigenvalue weighted by Gasteiger charge is -2.06. The lowest BCUT2D eigenvalue weighted by Crippen LogP contribution is -1.99. The summed E-state index contributed by atoms with van der Waals surface area (Å²) in [7, 11) is 1.96. The smallest absolute Gasteiger partial charge is 0.190 e. The number of nitrogen functional groups attached to an aromatic ring is 1. The molecule has 0 saturated carbocycles. The van der Waals surface area contributed by atoms with Crippen molar-refractivity contribution >= 4 is 50.3 Å². The molecule has 4 aromatic rings. The van der Waals surface area contributed by atoms with Crippen LogP contribution in [0.5, 0.6) is 0 Å². The summed E-state index contributed by atoms with van der Waals surface area (Å²) in [4.78, 5) is 19.3. The monoisotopic (exact) mass is 402 g/mol. The largest absolute Gasteiger partial charge is 0.397 e. The van der Waals surface area contributed by atoms with Crippen molar-refractivity contribution in [1.29, 1.82) is 0 Å². The van der Waals surface area contributed by atoms with Crippen LogP contribution in [0.2, 0.25) is 0 Å². The number of imidazole rings is 1. The van der Waals surface area contributed by atoms with Crippen LogP contribution < -0.4 is 5.73 Å². The number of anilines is 1. The molecule has 0 spiro atoms. The van der Waals surface area contributed by atoms with Crippen molar-refractivity contribution in [2.24, 2.45) is 7.05 Å². The molecule has 0 saturated heterocycles. The Hall–Kier alpha value is -1.97. The molecule has 9 heteroatoms. The molecule has 0 aromatic carbocycles. The molecule has 0 aliphatic heterocycles. The number of fused-ring (bicyclic) bond motifs is 1. The van der Waals surface area contributed by atoms with Crippen LogP contribution in [0.15, 0.2) is 28.2 Å². The lowest BCUT2D eigenvalue weighted by molar-refractivity contribution is 0.897. The van der Waals surface area contributed by atoms with E-state index in [-0.39, 0.29) is 0 Å². The van der Waals surface area contributed by atoms with E-state index in [0.717, 1.165) is 42.4 Å². The van der Waals surface area contributed by atoms with E-state index in [1.165, 1.54) is 24.2 Å². The first kappa shape index (κ1) is 17.4. The van der Waals surface area contributed by atoms with Gasteiger partial charge in [-0.05, 0) is 12.2 Å². The van der Waals surface area contributed by atoms with E-state index in [1.807, 2.05) is 23.2 Å². The van der Waals surface area contributed by atoms with Crippen LogP contribution in [0, 0.1) is 0 Å². The minimum atomic E-state index is 0.622. The minimum Gasteiger partial charge on any atom is -0.397 e. The normalized spacial score (nSPS) is 11.5. The van der Waals surface area contributed by atoms with Crippen molar-refractivity contribution in [2.45, 2.75) is 24.0 Å². The standard InChI is InChI=1S/C17H18N6S3/c1-3-4-8-25-17-11(18)10-12(14-19-5-7-23(14)2)21-13(22-15(10)26-17)16-20-6-9-24-16/h5-7,9H,3-4,8,18H2,1-2H3. The van der Waals surface area contributed by atoms with Gasteiger partial charge in [-0.2, -0.15) is 0 Å². The molecule has 0 aliphatic carbocycles. The number of unbranched alkanes of at least 4 members (excludes halogenated alkanes) is 1. The van der Waals surface area contributed by atoms with Crippen LogP contribution in [0.25, 0.3) is 32.6 Å². The molecule has 4 rings (SSSR count). The molecular weight excluding hydrogens is 384 g/mol. The number of nitrogens with zero attached hydrogens (tertiary/aromatic N) is 5. The molecule has 0 unspecified atom stereocenters. The Kier molecular flexibility index (Phi) is 4.92. The first-order chi connectivity index (χ1) is 12.7. The maximum absolute atomic E-state index is 6.51. The number of thiazole rings is 1. The predicted octanol–water partition coefficient (Wildman–Crippen LogP) is 4.69. The molecule has 26 heavy (non-hydrogen) atoms. The number of rotatable bonds is 6. The van der Waals surface area contributed by atoms with Crippen LogP contribution >= 0.6 is 34.4 Å². The summed E-state index contributed by atoms with van der Waals surface area (Å²) in [5.41, 5.74) is 8.03. The number of aryl methyl sites for hydroxylation is 1. The highest BCUT2D eigenvalue weighted by atomic mass is 32.2. The highest BCUT2D eigenvalue weighted by molar-refractivity contribution is 8.01. The van der Waals surface area contributed by atoms with E-state index in [4.69, 9.17) is 15.7 Å². The number of nitrogens with two attached hydrogens (primary N) is 1. The highest BCUT2D eigenvalue weighted by Crippen LogP contribution is 2.43. The Morgan fingerprint density at radius 2 is 2.12 bits per heavy atom. The van der Waals surface area contributed by atoms with E-state index in [9.17, 15) is 0 Å². The number of hydrogen-bond acceptors (Lipinski definition) is 8. The van der Waals surface area contributed by atoms with Gasteiger partial charge in [-0.1, -0.05) is 13.3 Å². The first-order valence-corrected chi connectivity index (χ1v) is 11.0. The predicted molar refractivity (Wildman–Crippen MR) is 111 cm³/mol. The molecule has 4 aromatic heterocycles. The second-order valence-electron chi connectivity index (χ2n) is 5.78. The topological polar surface area (TPSA) is 82.5 Å². The Morgan fingerprint density at radius 3 is 2.81 bits per heavy atom. The van der Waals surface area contributed by atoms with Gasteiger partial charge in [0.05, 0.1) is 15.3 Å². The van der Waals surface area contributed by atoms with E-state index in [0.29, 0.717) is 5.82 Å². The maximum Gasteiger partial charge on any atom is 0.190 e. The van der Waals surface area contributed by atoms with Crippen molar-refractivity contribution in [3.8, 4) is 22.4 Å². The summed E-state index contributed by atoms with van der Waals surface area (Å²) in [6.07, 6.45) is 7.78. The molecule has 4 heterocycles. The third-order valence-electron chi connectivity index (χ3n) is 3.94. The van der Waals surface area contributed by atoms with Crippen molar-refractivity contribution in [1.82, 2.24) is 24.5 Å². The minimum absolute atomic E-state index is 0.622. The van der Waals surface area contributed by atoms with E-state index in [2.05, 4.69) is 16.9 Å². The van der Waals surface area contributed by atoms with Gasteiger partial charge in [-0.25, -0.2) is 19.9 Å². The molecular formula is C17H18N6S3. The molecule has 2 N–H and O–H groups in total. The van der Waals surface area contributed by atoms with Gasteiger partial charge in [0, 0.05) is 31.0 Å². The summed E-state index contributed by atoms with van der Waals surface area (Å²) in [5.74, 6) is 2.46. The van der Waals surface area contributed by atoms with Crippen molar-refractivity contribution < 1.29 is 0 Å². The second-order valence-corrected chi connectivity index (χ2v) is 9.04. The number of hydrogen-bond donors (Lipinski definition) is 1. The van der Waals surface area contributed by atoms with Crippen LogP contribution in [0.4, 0.5) is 5.69 Å². The summed E-state index contributed by atoms with van der Waals surface area (Å²) in [5, 5.41) is 3.62. The van der Waals surface area contributed by atoms with E-state index >= 15 is 0 Å². The van der Waals surface area contributed by atoms with Crippen molar-refractivity contribution in [3.05, 3.63) is 24.0 Å². The number of thioether (sulfide) groups is 1. The van der Waals surface area contributed by atoms with Gasteiger partial charge >= 0.3 is 0 Å². The Bertz CT molecular complexity index is 1030. The Labute approximate surface area is 163 Å². The summed E-state index contributed by atoms with van der Waals surface area (Å²) < 4.78 is 3.06. The summed E-state index contributed by atoms with van der Waals surface area (Å²) >= 11 is 4.95. The number of aromatic nitrogens is 5. The van der Waals surface area contributed by atoms with Crippen LogP contribution in [-0.2, 0) is 7.05 Å². The quantitative estimate of drug-likeness (QED) is 0.372. The zero-order valence-electron chi connectivity index (χ0n) is 14.5. The lowest BCUT2D eigenvalue weighted by atomic mass is 10.2. The third kappa shape index (κ3) is 3.10. The van der Waals surface area contributed by atoms with E-state index in [1.54, 1.807) is 35.5 Å². The fraction of sp³-hybridized carbons (Fsp3) is 0.294. The van der Waals surface area contributed by atoms with Crippen LogP contribution in [-0.4, -0.2) is 30.3 Å². The third-order valence-corrected chi connectivity index (χ3v) is 7.18. The molecule has 0 radical (unpaired) electrons.